The van der Waals surface area contributed by atoms with Crippen LogP contribution in [0.2, 0.25) is 0 Å². The molecule has 0 amide bonds. The average Bonchev–Trinajstić information content (AvgIpc) is 2.72. The summed E-state index contributed by atoms with van der Waals surface area (Å²) in [6.07, 6.45) is 5.12. The first-order valence-electron chi connectivity index (χ1n) is 7.04. The molecule has 2 atom stereocenters. The Morgan fingerprint density at radius 2 is 2.16 bits per heavy atom. The van der Waals surface area contributed by atoms with Gasteiger partial charge in [-0.3, -0.25) is 4.68 Å². The Balaban J connectivity index is 1.99. The lowest BCUT2D eigenvalue weighted by Gasteiger charge is -2.44. The van der Waals surface area contributed by atoms with Crippen molar-refractivity contribution in [3.63, 3.8) is 0 Å². The topological polar surface area (TPSA) is 54.1 Å². The van der Waals surface area contributed by atoms with Crippen LogP contribution in [0, 0.1) is 18.3 Å². The van der Waals surface area contributed by atoms with Crippen LogP contribution < -0.4 is 4.90 Å². The van der Waals surface area contributed by atoms with Crippen molar-refractivity contribution < 1.29 is 4.74 Å². The second kappa shape index (κ2) is 4.86. The molecule has 1 aromatic rings. The molecule has 5 nitrogen and oxygen atoms in total. The number of morpholine rings is 1. The molecule has 19 heavy (non-hydrogen) atoms. The third kappa shape index (κ3) is 2.00. The molecule has 0 spiro atoms. The minimum absolute atomic E-state index is 0.323. The van der Waals surface area contributed by atoms with Crippen LogP contribution >= 0.6 is 0 Å². The number of fused-ring (bicyclic) bond motifs is 1. The Hall–Kier alpha value is -1.54. The van der Waals surface area contributed by atoms with Crippen LogP contribution in [0.4, 0.5) is 5.82 Å². The number of nitriles is 1. The summed E-state index contributed by atoms with van der Waals surface area (Å²) in [6, 6.07) is 2.72. The van der Waals surface area contributed by atoms with Gasteiger partial charge in [-0.2, -0.15) is 10.4 Å². The number of aromatic nitrogens is 2. The van der Waals surface area contributed by atoms with Gasteiger partial charge in [-0.05, 0) is 19.8 Å². The Bertz CT molecular complexity index is 514. The van der Waals surface area contributed by atoms with Crippen LogP contribution in [0.15, 0.2) is 0 Å². The zero-order valence-electron chi connectivity index (χ0n) is 11.6. The summed E-state index contributed by atoms with van der Waals surface area (Å²) in [5.41, 5.74) is 1.53. The predicted molar refractivity (Wildman–Crippen MR) is 72.0 cm³/mol. The fraction of sp³-hybridized carbons (Fsp3) is 0.714. The lowest BCUT2D eigenvalue weighted by Crippen LogP contribution is -2.53. The van der Waals surface area contributed by atoms with E-state index < -0.39 is 0 Å². The van der Waals surface area contributed by atoms with Gasteiger partial charge in [0.15, 0.2) is 0 Å². The summed E-state index contributed by atoms with van der Waals surface area (Å²) >= 11 is 0. The molecule has 102 valence electrons. The van der Waals surface area contributed by atoms with Gasteiger partial charge in [-0.1, -0.05) is 12.8 Å². The quantitative estimate of drug-likeness (QED) is 0.772. The number of hydrogen-bond donors (Lipinski definition) is 0. The van der Waals surface area contributed by atoms with Crippen LogP contribution in [0.25, 0.3) is 0 Å². The first-order valence-corrected chi connectivity index (χ1v) is 7.04. The number of rotatable bonds is 1. The average molecular weight is 260 g/mol. The molecule has 0 N–H and O–H groups in total. The third-order valence-corrected chi connectivity index (χ3v) is 4.31. The number of hydrogen-bond acceptors (Lipinski definition) is 4. The molecular weight excluding hydrogens is 240 g/mol. The van der Waals surface area contributed by atoms with E-state index in [1.807, 2.05) is 18.7 Å². The lowest BCUT2D eigenvalue weighted by atomic mass is 9.90. The molecule has 5 heteroatoms. The summed E-state index contributed by atoms with van der Waals surface area (Å²) < 4.78 is 7.75. The molecule has 0 bridgehead atoms. The normalized spacial score (nSPS) is 26.9. The summed E-state index contributed by atoms with van der Waals surface area (Å²) in [6.45, 7) is 3.51. The molecule has 1 aromatic heterocycles. The van der Waals surface area contributed by atoms with Crippen molar-refractivity contribution in [2.75, 3.05) is 18.1 Å². The van der Waals surface area contributed by atoms with Crippen LogP contribution in [-0.4, -0.2) is 35.1 Å². The highest BCUT2D eigenvalue weighted by Crippen LogP contribution is 2.33. The molecule has 1 aliphatic carbocycles. The van der Waals surface area contributed by atoms with Crippen molar-refractivity contribution in [2.45, 2.75) is 44.8 Å². The highest BCUT2D eigenvalue weighted by molar-refractivity contribution is 5.58. The van der Waals surface area contributed by atoms with Gasteiger partial charge in [0.05, 0.1) is 24.4 Å². The van der Waals surface area contributed by atoms with Crippen molar-refractivity contribution in [1.82, 2.24) is 9.78 Å². The highest BCUT2D eigenvalue weighted by atomic mass is 16.5. The second-order valence-corrected chi connectivity index (χ2v) is 5.47. The van der Waals surface area contributed by atoms with E-state index in [1.54, 1.807) is 0 Å². The van der Waals surface area contributed by atoms with E-state index in [0.717, 1.165) is 37.5 Å². The maximum absolute atomic E-state index is 9.38. The summed E-state index contributed by atoms with van der Waals surface area (Å²) in [5, 5.41) is 13.8. The second-order valence-electron chi connectivity index (χ2n) is 5.47. The molecule has 2 fully saturated rings. The van der Waals surface area contributed by atoms with Gasteiger partial charge in [0, 0.05) is 13.6 Å². The van der Waals surface area contributed by atoms with Crippen LogP contribution in [0.3, 0.4) is 0 Å². The van der Waals surface area contributed by atoms with E-state index >= 15 is 0 Å². The summed E-state index contributed by atoms with van der Waals surface area (Å²) in [7, 11) is 1.93. The Morgan fingerprint density at radius 3 is 2.95 bits per heavy atom. The monoisotopic (exact) mass is 260 g/mol. The maximum atomic E-state index is 9.38. The maximum Gasteiger partial charge on any atom is 0.145 e. The van der Waals surface area contributed by atoms with E-state index in [2.05, 4.69) is 16.1 Å². The van der Waals surface area contributed by atoms with Crippen molar-refractivity contribution >= 4 is 5.82 Å². The highest BCUT2D eigenvalue weighted by Gasteiger charge is 2.36. The largest absolute Gasteiger partial charge is 0.374 e. The molecule has 0 aromatic carbocycles. The van der Waals surface area contributed by atoms with Gasteiger partial charge in [0.25, 0.3) is 0 Å². The lowest BCUT2D eigenvalue weighted by molar-refractivity contribution is -0.00925. The number of nitrogens with zero attached hydrogens (tertiary/aromatic N) is 4. The van der Waals surface area contributed by atoms with E-state index in [4.69, 9.17) is 4.74 Å². The molecule has 3 rings (SSSR count). The molecule has 2 unspecified atom stereocenters. The minimum atomic E-state index is 0.323. The van der Waals surface area contributed by atoms with Gasteiger partial charge < -0.3 is 9.64 Å². The zero-order chi connectivity index (χ0) is 13.4. The molecule has 1 saturated carbocycles. The SMILES string of the molecule is Cc1nn(C)c(N2CCOC3CCCCC32)c1C#N. The molecule has 1 aliphatic heterocycles. The first kappa shape index (κ1) is 12.5. The van der Waals surface area contributed by atoms with Gasteiger partial charge in [0.2, 0.25) is 0 Å². The van der Waals surface area contributed by atoms with Crippen molar-refractivity contribution in [2.24, 2.45) is 7.05 Å². The van der Waals surface area contributed by atoms with E-state index in [-0.39, 0.29) is 0 Å². The van der Waals surface area contributed by atoms with Gasteiger partial charge in [-0.15, -0.1) is 0 Å². The van der Waals surface area contributed by atoms with Gasteiger partial charge >= 0.3 is 0 Å². The van der Waals surface area contributed by atoms with Crippen LogP contribution in [0.1, 0.15) is 36.9 Å². The smallest absolute Gasteiger partial charge is 0.145 e. The van der Waals surface area contributed by atoms with Crippen LogP contribution in [0.5, 0.6) is 0 Å². The fourth-order valence-electron chi connectivity index (χ4n) is 3.47. The Labute approximate surface area is 113 Å². The van der Waals surface area contributed by atoms with Crippen molar-refractivity contribution in [1.29, 1.82) is 5.26 Å². The van der Waals surface area contributed by atoms with Crippen molar-refractivity contribution in [3.05, 3.63) is 11.3 Å². The number of ether oxygens (including phenoxy) is 1. The standard InChI is InChI=1S/C14H20N4O/c1-10-11(9-15)14(17(2)16-10)18-7-8-19-13-6-4-3-5-12(13)18/h12-13H,3-8H2,1-2H3. The molecule has 2 heterocycles. The van der Waals surface area contributed by atoms with Crippen molar-refractivity contribution in [3.8, 4) is 6.07 Å². The summed E-state index contributed by atoms with van der Waals surface area (Å²) in [5.74, 6) is 0.972. The third-order valence-electron chi connectivity index (χ3n) is 4.31. The Morgan fingerprint density at radius 1 is 1.37 bits per heavy atom. The zero-order valence-corrected chi connectivity index (χ0v) is 11.6. The number of aryl methyl sites for hydroxylation is 2. The predicted octanol–water partition coefficient (Wildman–Crippen LogP) is 1.75. The van der Waals surface area contributed by atoms with E-state index in [9.17, 15) is 5.26 Å². The van der Waals surface area contributed by atoms with Gasteiger partial charge in [-0.25, -0.2) is 0 Å². The number of anilines is 1. The van der Waals surface area contributed by atoms with E-state index in [0.29, 0.717) is 17.7 Å². The Kier molecular flexibility index (Phi) is 3.19. The molecule has 2 aliphatic rings. The van der Waals surface area contributed by atoms with Gasteiger partial charge in [0.1, 0.15) is 17.5 Å². The molecule has 0 radical (unpaired) electrons. The molecule has 1 saturated heterocycles. The minimum Gasteiger partial charge on any atom is -0.374 e. The summed E-state index contributed by atoms with van der Waals surface area (Å²) in [4.78, 5) is 2.35. The molecular formula is C14H20N4O. The first-order chi connectivity index (χ1) is 9.22. The van der Waals surface area contributed by atoms with E-state index in [1.165, 1.54) is 12.8 Å². The fourth-order valence-corrected chi connectivity index (χ4v) is 3.47. The van der Waals surface area contributed by atoms with Crippen LogP contribution in [-0.2, 0) is 11.8 Å².